The Labute approximate surface area is 104 Å². The average Bonchev–Trinajstić information content (AvgIpc) is 2.16. The minimum absolute atomic E-state index is 0.267. The summed E-state index contributed by atoms with van der Waals surface area (Å²) >= 11 is 5.93. The van der Waals surface area contributed by atoms with Crippen molar-refractivity contribution in [3.63, 3.8) is 0 Å². The van der Waals surface area contributed by atoms with Gasteiger partial charge >= 0.3 is 104 Å². The van der Waals surface area contributed by atoms with Crippen molar-refractivity contribution in [2.75, 3.05) is 6.61 Å². The topological polar surface area (TPSA) is 26.3 Å². The summed E-state index contributed by atoms with van der Waals surface area (Å²) in [6, 6.07) is 9.82. The number of rotatable bonds is 3. The fraction of sp³-hybridized carbons (Fsp3) is 0.300. The van der Waals surface area contributed by atoms with E-state index in [4.69, 9.17) is 4.74 Å². The Morgan fingerprint density at radius 3 is 2.57 bits per heavy atom. The predicted octanol–water partition coefficient (Wildman–Crippen LogP) is 2.34. The maximum absolute atomic E-state index is 10.7. The predicted molar refractivity (Wildman–Crippen MR) is 53.7 cm³/mol. The van der Waals surface area contributed by atoms with E-state index in [1.807, 2.05) is 30.3 Å². The van der Waals surface area contributed by atoms with Gasteiger partial charge in [0.1, 0.15) is 0 Å². The number of carbonyl (C=O) groups excluding carboxylic acids is 1. The molecule has 1 aromatic rings. The molecule has 0 fully saturated rings. The first kappa shape index (κ1) is 12.0. The molecule has 0 heterocycles. The molecule has 0 radical (unpaired) electrons. The second kappa shape index (κ2) is 5.12. The van der Waals surface area contributed by atoms with Gasteiger partial charge in [-0.2, -0.15) is 0 Å². The Hall–Kier alpha value is -0.0897. The molecule has 0 bridgehead atoms. The third kappa shape index (κ3) is 3.58. The van der Waals surface area contributed by atoms with E-state index in [0.717, 1.165) is 5.56 Å². The fourth-order valence-corrected chi connectivity index (χ4v) is 1.84. The van der Waals surface area contributed by atoms with E-state index in [1.54, 1.807) is 0 Å². The number of ether oxygens (including phenoxy) is 1. The van der Waals surface area contributed by atoms with Gasteiger partial charge in [0.2, 0.25) is 0 Å². The van der Waals surface area contributed by atoms with Crippen molar-refractivity contribution in [2.45, 2.75) is 9.47 Å². The van der Waals surface area contributed by atoms with Crippen LogP contribution in [0.15, 0.2) is 30.3 Å². The maximum atomic E-state index is 10.7. The van der Waals surface area contributed by atoms with Gasteiger partial charge in [0.25, 0.3) is 0 Å². The molecule has 1 unspecified atom stereocenters. The number of benzene rings is 1. The molecule has 0 saturated carbocycles. The Kier molecular flexibility index (Phi) is 4.38. The quantitative estimate of drug-likeness (QED) is 0.411. The first-order chi connectivity index (χ1) is 6.52. The number of halogens is 1. The van der Waals surface area contributed by atoms with Gasteiger partial charge in [-0.1, -0.05) is 0 Å². The van der Waals surface area contributed by atoms with Crippen LogP contribution in [-0.4, -0.2) is 12.6 Å². The van der Waals surface area contributed by atoms with E-state index < -0.39 is 0 Å². The summed E-state index contributed by atoms with van der Waals surface area (Å²) in [7, 11) is 0. The molecule has 14 heavy (non-hydrogen) atoms. The molecule has 2 nitrogen and oxygen atoms in total. The molecular weight excluding hydrogens is 429 g/mol. The van der Waals surface area contributed by atoms with Crippen LogP contribution in [0, 0.1) is 0 Å². The number of alkyl halides is 1. The van der Waals surface area contributed by atoms with Gasteiger partial charge < -0.3 is 0 Å². The molecule has 1 atom stereocenters. The summed E-state index contributed by atoms with van der Waals surface area (Å²) in [6.07, 6.45) is 0. The monoisotopic (exact) mass is 438 g/mol. The van der Waals surface area contributed by atoms with Crippen LogP contribution in [0.4, 0.5) is 0 Å². The van der Waals surface area contributed by atoms with Crippen molar-refractivity contribution in [1.82, 2.24) is 0 Å². The second-order valence-electron chi connectivity index (χ2n) is 2.79. The van der Waals surface area contributed by atoms with Crippen LogP contribution >= 0.6 is 15.9 Å². The second-order valence-corrected chi connectivity index (χ2v) is 7.42. The molecule has 0 aliphatic carbocycles. The van der Waals surface area contributed by atoms with Gasteiger partial charge in [-0.3, -0.25) is 0 Å². The van der Waals surface area contributed by atoms with Crippen molar-refractivity contribution >= 4 is 21.9 Å². The molecule has 4 heteroatoms. The molecule has 80 valence electrons. The molecular formula is C10H10AuBrO2. The van der Waals surface area contributed by atoms with Gasteiger partial charge in [-0.05, 0) is 0 Å². The average molecular weight is 439 g/mol. The number of hydrogen-bond donors (Lipinski definition) is 0. The van der Waals surface area contributed by atoms with E-state index in [0.29, 0.717) is 6.61 Å². The van der Waals surface area contributed by atoms with Crippen LogP contribution in [0.25, 0.3) is 0 Å². The summed E-state index contributed by atoms with van der Waals surface area (Å²) in [5, 5.41) is 0. The summed E-state index contributed by atoms with van der Waals surface area (Å²) in [5.41, 5.74) is 1.07. The Balaban J connectivity index is 2.70. The molecule has 1 rings (SSSR count). The zero-order chi connectivity index (χ0) is 10.6. The number of hydrogen-bond acceptors (Lipinski definition) is 2. The molecule has 0 saturated heterocycles. The van der Waals surface area contributed by atoms with Crippen molar-refractivity contribution in [1.29, 1.82) is 0 Å². The van der Waals surface area contributed by atoms with E-state index in [2.05, 4.69) is 37.0 Å². The van der Waals surface area contributed by atoms with Crippen molar-refractivity contribution in [3.05, 3.63) is 35.9 Å². The minimum atomic E-state index is -0.361. The molecule has 0 aliphatic rings. The van der Waals surface area contributed by atoms with Crippen molar-refractivity contribution < 1.29 is 30.6 Å². The normalized spacial score (nSPS) is 14.6. The summed E-state index contributed by atoms with van der Waals surface area (Å²) in [5.74, 6) is -0.267. The summed E-state index contributed by atoms with van der Waals surface area (Å²) in [4.78, 5) is 10.7. The SMILES string of the molecule is CC(=O)OC[C](Br)([Au])c1ccccc1. The van der Waals surface area contributed by atoms with E-state index in [-0.39, 0.29) is 8.51 Å². The molecule has 0 spiro atoms. The number of carbonyl (C=O) groups is 1. The van der Waals surface area contributed by atoms with E-state index >= 15 is 0 Å². The van der Waals surface area contributed by atoms with Crippen LogP contribution in [0.2, 0.25) is 0 Å². The Bertz CT molecular complexity index is 311. The first-order valence-electron chi connectivity index (χ1n) is 4.05. The molecule has 0 amide bonds. The van der Waals surface area contributed by atoms with Gasteiger partial charge in [0.05, 0.1) is 0 Å². The first-order valence-corrected chi connectivity index (χ1v) is 5.93. The summed E-state index contributed by atoms with van der Waals surface area (Å²) < 4.78 is 4.60. The third-order valence-corrected chi connectivity index (χ3v) is 3.24. The van der Waals surface area contributed by atoms with E-state index in [1.165, 1.54) is 6.92 Å². The van der Waals surface area contributed by atoms with Gasteiger partial charge in [-0.25, -0.2) is 0 Å². The standard InChI is InChI=1S/C10H10BrO2.Au/c1-8(12)13-7-10(11)9-5-3-2-4-6-9;/h2-6H,7H2,1H3;. The van der Waals surface area contributed by atoms with Crippen molar-refractivity contribution in [3.8, 4) is 0 Å². The van der Waals surface area contributed by atoms with Gasteiger partial charge in [0, 0.05) is 0 Å². The van der Waals surface area contributed by atoms with Gasteiger partial charge in [-0.15, -0.1) is 0 Å². The van der Waals surface area contributed by atoms with Crippen molar-refractivity contribution in [2.24, 2.45) is 0 Å². The van der Waals surface area contributed by atoms with Crippen LogP contribution in [0.5, 0.6) is 0 Å². The Morgan fingerprint density at radius 2 is 2.07 bits per heavy atom. The van der Waals surface area contributed by atoms with Crippen LogP contribution < -0.4 is 0 Å². The molecule has 0 aliphatic heterocycles. The zero-order valence-corrected chi connectivity index (χ0v) is 11.3. The van der Waals surface area contributed by atoms with E-state index in [9.17, 15) is 4.79 Å². The van der Waals surface area contributed by atoms with Crippen LogP contribution in [0.1, 0.15) is 12.5 Å². The number of esters is 1. The molecule has 1 aromatic carbocycles. The molecule has 0 aromatic heterocycles. The molecule has 0 N–H and O–H groups in total. The third-order valence-electron chi connectivity index (χ3n) is 1.62. The zero-order valence-electron chi connectivity index (χ0n) is 7.59. The van der Waals surface area contributed by atoms with Gasteiger partial charge in [0.15, 0.2) is 0 Å². The fourth-order valence-electron chi connectivity index (χ4n) is 0.939. The Morgan fingerprint density at radius 1 is 1.50 bits per heavy atom. The summed E-state index contributed by atoms with van der Waals surface area (Å²) in [6.45, 7) is 1.72. The van der Waals surface area contributed by atoms with Crippen LogP contribution in [-0.2, 0) is 33.1 Å². The van der Waals surface area contributed by atoms with Crippen LogP contribution in [0.3, 0.4) is 0 Å².